The molecule has 104 valence electrons. The second kappa shape index (κ2) is 5.83. The van der Waals surface area contributed by atoms with Crippen LogP contribution in [0.5, 0.6) is 0 Å². The maximum atomic E-state index is 4.75. The molecule has 21 heavy (non-hydrogen) atoms. The monoisotopic (exact) mass is 275 g/mol. The van der Waals surface area contributed by atoms with Crippen LogP contribution in [-0.4, -0.2) is 15.0 Å². The van der Waals surface area contributed by atoms with Gasteiger partial charge in [-0.15, -0.1) is 0 Å². The standard InChI is InChI=1S/C18H17N3/c1-13(2)15-10-17(14-6-5-8-19-12-14)21-18(11-15)16-7-3-4-9-20-16/h3-13H,1-2H3. The molecule has 0 aliphatic heterocycles. The summed E-state index contributed by atoms with van der Waals surface area (Å²) in [6.07, 6.45) is 5.41. The molecule has 0 amide bonds. The van der Waals surface area contributed by atoms with Crippen LogP contribution >= 0.6 is 0 Å². The first-order valence-electron chi connectivity index (χ1n) is 7.08. The quantitative estimate of drug-likeness (QED) is 0.714. The normalized spacial score (nSPS) is 10.8. The van der Waals surface area contributed by atoms with Gasteiger partial charge in [0.15, 0.2) is 0 Å². The van der Waals surface area contributed by atoms with Crippen LogP contribution in [0, 0.1) is 0 Å². The van der Waals surface area contributed by atoms with Crippen LogP contribution < -0.4 is 0 Å². The van der Waals surface area contributed by atoms with E-state index in [0.29, 0.717) is 5.92 Å². The van der Waals surface area contributed by atoms with Crippen molar-refractivity contribution in [3.05, 3.63) is 66.6 Å². The highest BCUT2D eigenvalue weighted by molar-refractivity contribution is 5.65. The Labute approximate surface area is 124 Å². The van der Waals surface area contributed by atoms with Gasteiger partial charge in [-0.2, -0.15) is 0 Å². The summed E-state index contributed by atoms with van der Waals surface area (Å²) in [5.41, 5.74) is 5.02. The zero-order valence-corrected chi connectivity index (χ0v) is 12.2. The van der Waals surface area contributed by atoms with E-state index in [9.17, 15) is 0 Å². The molecule has 0 saturated carbocycles. The van der Waals surface area contributed by atoms with Crippen molar-refractivity contribution in [2.24, 2.45) is 0 Å². The zero-order chi connectivity index (χ0) is 14.7. The summed E-state index contributed by atoms with van der Waals surface area (Å²) in [7, 11) is 0. The number of hydrogen-bond acceptors (Lipinski definition) is 3. The van der Waals surface area contributed by atoms with Gasteiger partial charge in [0.05, 0.1) is 17.1 Å². The van der Waals surface area contributed by atoms with Crippen LogP contribution in [-0.2, 0) is 0 Å². The summed E-state index contributed by atoms with van der Waals surface area (Å²) < 4.78 is 0. The molecule has 0 bridgehead atoms. The zero-order valence-electron chi connectivity index (χ0n) is 12.2. The molecule has 3 rings (SSSR count). The SMILES string of the molecule is CC(C)c1cc(-c2cccnc2)nc(-c2ccccn2)c1. The molecule has 0 aromatic carbocycles. The first kappa shape index (κ1) is 13.4. The minimum Gasteiger partial charge on any atom is -0.264 e. The van der Waals surface area contributed by atoms with E-state index in [1.54, 1.807) is 12.4 Å². The van der Waals surface area contributed by atoms with Crippen molar-refractivity contribution in [1.82, 2.24) is 15.0 Å². The number of aromatic nitrogens is 3. The van der Waals surface area contributed by atoms with Crippen molar-refractivity contribution in [3.8, 4) is 22.6 Å². The summed E-state index contributed by atoms with van der Waals surface area (Å²) in [6, 6.07) is 14.1. The van der Waals surface area contributed by atoms with Crippen molar-refractivity contribution >= 4 is 0 Å². The maximum Gasteiger partial charge on any atom is 0.0896 e. The Morgan fingerprint density at radius 3 is 2.38 bits per heavy atom. The molecule has 0 fully saturated rings. The van der Waals surface area contributed by atoms with Crippen molar-refractivity contribution in [2.75, 3.05) is 0 Å². The van der Waals surface area contributed by atoms with E-state index in [1.807, 2.05) is 36.5 Å². The fraction of sp³-hybridized carbons (Fsp3) is 0.167. The molecule has 0 unspecified atom stereocenters. The van der Waals surface area contributed by atoms with Gasteiger partial charge in [0, 0.05) is 24.2 Å². The molecule has 0 N–H and O–H groups in total. The van der Waals surface area contributed by atoms with Crippen LogP contribution in [0.15, 0.2) is 61.1 Å². The molecule has 3 heteroatoms. The van der Waals surface area contributed by atoms with E-state index < -0.39 is 0 Å². The Morgan fingerprint density at radius 1 is 0.857 bits per heavy atom. The van der Waals surface area contributed by atoms with Crippen molar-refractivity contribution in [2.45, 2.75) is 19.8 Å². The second-order valence-electron chi connectivity index (χ2n) is 5.28. The average Bonchev–Trinajstić information content (AvgIpc) is 2.56. The summed E-state index contributed by atoms with van der Waals surface area (Å²) in [4.78, 5) is 13.3. The molecule has 3 heterocycles. The van der Waals surface area contributed by atoms with Crippen molar-refractivity contribution in [3.63, 3.8) is 0 Å². The predicted molar refractivity (Wildman–Crippen MR) is 84.8 cm³/mol. The second-order valence-corrected chi connectivity index (χ2v) is 5.28. The molecule has 0 aliphatic carbocycles. The van der Waals surface area contributed by atoms with Gasteiger partial charge in [0.1, 0.15) is 0 Å². The third kappa shape index (κ3) is 2.97. The lowest BCUT2D eigenvalue weighted by molar-refractivity contribution is 0.864. The Morgan fingerprint density at radius 2 is 1.71 bits per heavy atom. The van der Waals surface area contributed by atoms with E-state index in [1.165, 1.54) is 5.56 Å². The molecule has 0 atom stereocenters. The van der Waals surface area contributed by atoms with E-state index in [-0.39, 0.29) is 0 Å². The lowest BCUT2D eigenvalue weighted by Crippen LogP contribution is -1.96. The minimum atomic E-state index is 0.436. The predicted octanol–water partition coefficient (Wildman–Crippen LogP) is 4.33. The Bertz CT molecular complexity index is 664. The maximum absolute atomic E-state index is 4.75. The molecular weight excluding hydrogens is 258 g/mol. The van der Waals surface area contributed by atoms with Gasteiger partial charge in [-0.3, -0.25) is 9.97 Å². The summed E-state index contributed by atoms with van der Waals surface area (Å²) in [5.74, 6) is 0.436. The minimum absolute atomic E-state index is 0.436. The van der Waals surface area contributed by atoms with Crippen molar-refractivity contribution < 1.29 is 0 Å². The molecule has 3 aromatic heterocycles. The van der Waals surface area contributed by atoms with E-state index in [4.69, 9.17) is 4.98 Å². The topological polar surface area (TPSA) is 38.7 Å². The lowest BCUT2D eigenvalue weighted by atomic mass is 10.00. The highest BCUT2D eigenvalue weighted by atomic mass is 14.8. The van der Waals surface area contributed by atoms with Crippen LogP contribution in [0.4, 0.5) is 0 Å². The van der Waals surface area contributed by atoms with Gasteiger partial charge < -0.3 is 0 Å². The fourth-order valence-electron chi connectivity index (χ4n) is 2.19. The Balaban J connectivity index is 2.16. The molecular formula is C18H17N3. The van der Waals surface area contributed by atoms with Crippen LogP contribution in [0.2, 0.25) is 0 Å². The molecule has 0 saturated heterocycles. The first-order valence-corrected chi connectivity index (χ1v) is 7.08. The summed E-state index contributed by atoms with van der Waals surface area (Å²) in [6.45, 7) is 4.37. The smallest absolute Gasteiger partial charge is 0.0896 e. The average molecular weight is 275 g/mol. The van der Waals surface area contributed by atoms with Crippen LogP contribution in [0.3, 0.4) is 0 Å². The van der Waals surface area contributed by atoms with Gasteiger partial charge in [0.25, 0.3) is 0 Å². The highest BCUT2D eigenvalue weighted by Gasteiger charge is 2.09. The Kier molecular flexibility index (Phi) is 3.73. The Hall–Kier alpha value is -2.55. The third-order valence-corrected chi connectivity index (χ3v) is 3.40. The molecule has 0 aliphatic rings. The number of nitrogens with zero attached hydrogens (tertiary/aromatic N) is 3. The van der Waals surface area contributed by atoms with Crippen molar-refractivity contribution in [1.29, 1.82) is 0 Å². The van der Waals surface area contributed by atoms with Crippen LogP contribution in [0.1, 0.15) is 25.3 Å². The van der Waals surface area contributed by atoms with Gasteiger partial charge in [0.2, 0.25) is 0 Å². The van der Waals surface area contributed by atoms with Gasteiger partial charge in [-0.1, -0.05) is 19.9 Å². The first-order chi connectivity index (χ1) is 10.2. The fourth-order valence-corrected chi connectivity index (χ4v) is 2.19. The molecule has 0 spiro atoms. The molecule has 0 radical (unpaired) electrons. The summed E-state index contributed by atoms with van der Waals surface area (Å²) >= 11 is 0. The van der Waals surface area contributed by atoms with E-state index in [2.05, 4.69) is 35.9 Å². The van der Waals surface area contributed by atoms with E-state index in [0.717, 1.165) is 22.6 Å². The lowest BCUT2D eigenvalue weighted by Gasteiger charge is -2.11. The molecule has 3 aromatic rings. The number of rotatable bonds is 3. The number of hydrogen-bond donors (Lipinski definition) is 0. The van der Waals surface area contributed by atoms with Gasteiger partial charge >= 0.3 is 0 Å². The number of pyridine rings is 3. The van der Waals surface area contributed by atoms with Gasteiger partial charge in [-0.05, 0) is 47.9 Å². The largest absolute Gasteiger partial charge is 0.264 e. The van der Waals surface area contributed by atoms with E-state index >= 15 is 0 Å². The van der Waals surface area contributed by atoms with Gasteiger partial charge in [-0.25, -0.2) is 4.98 Å². The summed E-state index contributed by atoms with van der Waals surface area (Å²) in [5, 5.41) is 0. The highest BCUT2D eigenvalue weighted by Crippen LogP contribution is 2.26. The van der Waals surface area contributed by atoms with Crippen LogP contribution in [0.25, 0.3) is 22.6 Å². The molecule has 3 nitrogen and oxygen atoms in total. The third-order valence-electron chi connectivity index (χ3n) is 3.40.